The molecule has 9 nitrogen and oxygen atoms in total. The molecule has 1 aromatic heterocycles. The van der Waals surface area contributed by atoms with E-state index < -0.39 is 6.23 Å². The summed E-state index contributed by atoms with van der Waals surface area (Å²) in [5.74, 6) is 0.153. The molecule has 4 aliphatic rings. The standard InChI is InChI=1S/C18H25N7O2/c1-9-10(5-6-12-16(9)22-24-21-12)13-8-14(26)25-17(20-13)15(18(27)23-25)11-4-2-3-7-19-11/h2-4,7-10,12,15-18,20-24,27H,5-6H2,1H3. The first kappa shape index (κ1) is 17.1. The van der Waals surface area contributed by atoms with Crippen LogP contribution in [0, 0.1) is 11.8 Å². The van der Waals surface area contributed by atoms with E-state index >= 15 is 0 Å². The molecular weight excluding hydrogens is 346 g/mol. The van der Waals surface area contributed by atoms with Gasteiger partial charge in [0.1, 0.15) is 12.4 Å². The number of aliphatic hydroxyl groups is 1. The average molecular weight is 371 g/mol. The van der Waals surface area contributed by atoms with Crippen molar-refractivity contribution in [3.8, 4) is 0 Å². The van der Waals surface area contributed by atoms with Gasteiger partial charge in [0.15, 0.2) is 0 Å². The van der Waals surface area contributed by atoms with Gasteiger partial charge in [0.25, 0.3) is 5.91 Å². The van der Waals surface area contributed by atoms with Gasteiger partial charge in [0.2, 0.25) is 0 Å². The number of aromatic nitrogens is 1. The maximum atomic E-state index is 12.8. The second kappa shape index (κ2) is 6.54. The highest BCUT2D eigenvalue weighted by Crippen LogP contribution is 2.38. The van der Waals surface area contributed by atoms with E-state index in [1.165, 1.54) is 5.01 Å². The predicted octanol–water partition coefficient (Wildman–Crippen LogP) is -0.961. The largest absolute Gasteiger partial charge is 0.376 e. The fourth-order valence-corrected chi connectivity index (χ4v) is 4.99. The van der Waals surface area contributed by atoms with Crippen LogP contribution in [0.15, 0.2) is 36.2 Å². The number of carbonyl (C=O) groups excluding carboxylic acids is 1. The second-order valence-electron chi connectivity index (χ2n) is 7.84. The van der Waals surface area contributed by atoms with Crippen LogP contribution in [0.2, 0.25) is 0 Å². The quantitative estimate of drug-likeness (QED) is 0.394. The molecule has 1 amide bonds. The van der Waals surface area contributed by atoms with E-state index in [0.717, 1.165) is 24.2 Å². The Morgan fingerprint density at radius 1 is 1.26 bits per heavy atom. The highest BCUT2D eigenvalue weighted by Gasteiger charge is 2.49. The first-order valence-corrected chi connectivity index (χ1v) is 9.56. The number of rotatable bonds is 2. The molecule has 1 aliphatic carbocycles. The third-order valence-electron chi connectivity index (χ3n) is 6.41. The Balaban J connectivity index is 1.42. The molecule has 7 unspecified atom stereocenters. The lowest BCUT2D eigenvalue weighted by Crippen LogP contribution is -2.56. The van der Waals surface area contributed by atoms with Crippen molar-refractivity contribution in [3.05, 3.63) is 41.9 Å². The van der Waals surface area contributed by atoms with Gasteiger partial charge in [0, 0.05) is 36.0 Å². The summed E-state index contributed by atoms with van der Waals surface area (Å²) in [4.78, 5) is 17.2. The molecule has 9 heteroatoms. The highest BCUT2D eigenvalue weighted by atomic mass is 16.3. The molecule has 3 aliphatic heterocycles. The van der Waals surface area contributed by atoms with Crippen LogP contribution in [-0.4, -0.2) is 45.5 Å². The summed E-state index contributed by atoms with van der Waals surface area (Å²) in [5, 5.41) is 15.6. The molecule has 144 valence electrons. The van der Waals surface area contributed by atoms with E-state index in [4.69, 9.17) is 0 Å². The van der Waals surface area contributed by atoms with E-state index in [1.807, 2.05) is 18.2 Å². The summed E-state index contributed by atoms with van der Waals surface area (Å²) in [5.41, 5.74) is 14.2. The van der Waals surface area contributed by atoms with Crippen molar-refractivity contribution in [3.63, 3.8) is 0 Å². The first-order chi connectivity index (χ1) is 13.1. The Kier molecular flexibility index (Phi) is 4.14. The number of hydrazine groups is 3. The van der Waals surface area contributed by atoms with Crippen molar-refractivity contribution in [1.29, 1.82) is 0 Å². The third kappa shape index (κ3) is 2.74. The Labute approximate surface area is 157 Å². The molecule has 0 aromatic carbocycles. The molecule has 0 radical (unpaired) electrons. The van der Waals surface area contributed by atoms with Crippen molar-refractivity contribution in [1.82, 2.24) is 37.1 Å². The lowest BCUT2D eigenvalue weighted by atomic mass is 9.73. The van der Waals surface area contributed by atoms with Gasteiger partial charge < -0.3 is 10.4 Å². The summed E-state index contributed by atoms with van der Waals surface area (Å²) in [6.45, 7) is 2.22. The molecule has 7 atom stereocenters. The molecule has 4 heterocycles. The summed E-state index contributed by atoms with van der Waals surface area (Å²) in [7, 11) is 0. The van der Waals surface area contributed by atoms with E-state index in [-0.39, 0.29) is 23.9 Å². The van der Waals surface area contributed by atoms with Crippen LogP contribution in [0.25, 0.3) is 0 Å². The van der Waals surface area contributed by atoms with Gasteiger partial charge in [-0.2, -0.15) is 5.53 Å². The summed E-state index contributed by atoms with van der Waals surface area (Å²) < 4.78 is 0. The molecule has 5 rings (SSSR count). The van der Waals surface area contributed by atoms with Gasteiger partial charge in [-0.25, -0.2) is 21.3 Å². The number of allylic oxidation sites excluding steroid dienone is 1. The fraction of sp³-hybridized carbons (Fsp3) is 0.556. The monoisotopic (exact) mass is 371 g/mol. The second-order valence-corrected chi connectivity index (χ2v) is 7.84. The first-order valence-electron chi connectivity index (χ1n) is 9.56. The minimum absolute atomic E-state index is 0.129. The normalized spacial score (nSPS) is 41.0. The predicted molar refractivity (Wildman–Crippen MR) is 96.8 cm³/mol. The number of nitrogens with zero attached hydrogens (tertiary/aromatic N) is 2. The summed E-state index contributed by atoms with van der Waals surface area (Å²) >= 11 is 0. The smallest absolute Gasteiger partial charge is 0.264 e. The minimum atomic E-state index is -0.868. The van der Waals surface area contributed by atoms with Crippen LogP contribution in [-0.2, 0) is 4.79 Å². The van der Waals surface area contributed by atoms with Gasteiger partial charge >= 0.3 is 0 Å². The van der Waals surface area contributed by atoms with Crippen LogP contribution in [0.4, 0.5) is 0 Å². The third-order valence-corrected chi connectivity index (χ3v) is 6.41. The number of fused-ring (bicyclic) bond motifs is 2. The minimum Gasteiger partial charge on any atom is -0.376 e. The maximum Gasteiger partial charge on any atom is 0.264 e. The van der Waals surface area contributed by atoms with Crippen LogP contribution >= 0.6 is 0 Å². The summed E-state index contributed by atoms with van der Waals surface area (Å²) in [6, 6.07) is 6.35. The van der Waals surface area contributed by atoms with Crippen molar-refractivity contribution in [2.24, 2.45) is 11.8 Å². The van der Waals surface area contributed by atoms with Crippen molar-refractivity contribution in [2.75, 3.05) is 0 Å². The number of amides is 1. The van der Waals surface area contributed by atoms with Crippen molar-refractivity contribution in [2.45, 2.75) is 50.2 Å². The number of nitrogens with one attached hydrogen (secondary N) is 5. The fourth-order valence-electron chi connectivity index (χ4n) is 4.99. The van der Waals surface area contributed by atoms with E-state index in [2.05, 4.69) is 39.0 Å². The Morgan fingerprint density at radius 3 is 2.96 bits per heavy atom. The van der Waals surface area contributed by atoms with Crippen molar-refractivity contribution < 1.29 is 9.90 Å². The molecule has 3 fully saturated rings. The lowest BCUT2D eigenvalue weighted by molar-refractivity contribution is -0.132. The van der Waals surface area contributed by atoms with Gasteiger partial charge in [0.05, 0.1) is 11.6 Å². The Morgan fingerprint density at radius 2 is 2.15 bits per heavy atom. The number of aliphatic hydroxyl groups excluding tert-OH is 1. The number of hydrogen-bond acceptors (Lipinski definition) is 8. The Hall–Kier alpha value is -2.04. The van der Waals surface area contributed by atoms with Gasteiger partial charge in [-0.1, -0.05) is 13.0 Å². The van der Waals surface area contributed by atoms with Gasteiger partial charge in [-0.05, 0) is 30.9 Å². The number of pyridine rings is 1. The zero-order valence-electron chi connectivity index (χ0n) is 15.1. The molecule has 6 N–H and O–H groups in total. The van der Waals surface area contributed by atoms with Gasteiger partial charge in [-0.15, -0.1) is 0 Å². The molecule has 0 spiro atoms. The topological polar surface area (TPSA) is 114 Å². The zero-order valence-corrected chi connectivity index (χ0v) is 15.1. The Bertz CT molecular complexity index is 757. The lowest BCUT2D eigenvalue weighted by Gasteiger charge is -2.41. The SMILES string of the molecule is CC1C(C2=CC(=O)N3NC(O)C(c4ccccn4)C3N2)CCC2NNNC21. The zero-order chi connectivity index (χ0) is 18.5. The van der Waals surface area contributed by atoms with Gasteiger partial charge in [-0.3, -0.25) is 9.78 Å². The molecule has 0 bridgehead atoms. The van der Waals surface area contributed by atoms with E-state index in [0.29, 0.717) is 18.0 Å². The van der Waals surface area contributed by atoms with E-state index in [9.17, 15) is 9.90 Å². The highest BCUT2D eigenvalue weighted by molar-refractivity contribution is 5.89. The molecular formula is C18H25N7O2. The average Bonchev–Trinajstić information content (AvgIpc) is 3.27. The molecule has 2 saturated heterocycles. The molecule has 1 aromatic rings. The van der Waals surface area contributed by atoms with Crippen LogP contribution < -0.4 is 27.1 Å². The summed E-state index contributed by atoms with van der Waals surface area (Å²) in [6.07, 6.45) is 4.19. The van der Waals surface area contributed by atoms with Crippen LogP contribution in [0.1, 0.15) is 31.4 Å². The number of carbonyl (C=O) groups is 1. The van der Waals surface area contributed by atoms with Crippen LogP contribution in [0.5, 0.6) is 0 Å². The van der Waals surface area contributed by atoms with Crippen LogP contribution in [0.3, 0.4) is 0 Å². The number of hydrogen-bond donors (Lipinski definition) is 6. The maximum absolute atomic E-state index is 12.8. The van der Waals surface area contributed by atoms with Crippen molar-refractivity contribution >= 4 is 5.91 Å². The molecule has 27 heavy (non-hydrogen) atoms. The van der Waals surface area contributed by atoms with E-state index in [1.54, 1.807) is 12.3 Å². The molecule has 1 saturated carbocycles.